The Bertz CT molecular complexity index is 1460. The van der Waals surface area contributed by atoms with Gasteiger partial charge >= 0.3 is 6.09 Å². The molecule has 6 rings (SSSR count). The molecule has 0 radical (unpaired) electrons. The van der Waals surface area contributed by atoms with Crippen molar-refractivity contribution >= 4 is 28.7 Å². The largest absolute Gasteiger partial charge is 0.444 e. The van der Waals surface area contributed by atoms with E-state index in [1.807, 2.05) is 57.2 Å². The molecule has 1 amide bonds. The van der Waals surface area contributed by atoms with Crippen LogP contribution in [-0.2, 0) is 17.8 Å². The molecule has 0 saturated heterocycles. The lowest BCUT2D eigenvalue weighted by atomic mass is 9.79. The molecular formula is C28H30ClN5O3. The first-order chi connectivity index (χ1) is 17.8. The Morgan fingerprint density at radius 3 is 2.57 bits per heavy atom. The Hall–Kier alpha value is -3.39. The van der Waals surface area contributed by atoms with Gasteiger partial charge in [0.15, 0.2) is 11.4 Å². The molecule has 3 heterocycles. The average molecular weight is 520 g/mol. The fourth-order valence-electron chi connectivity index (χ4n) is 5.57. The molecule has 1 aliphatic carbocycles. The van der Waals surface area contributed by atoms with Gasteiger partial charge in [-0.1, -0.05) is 28.9 Å². The Morgan fingerprint density at radius 2 is 1.78 bits per heavy atom. The Morgan fingerprint density at radius 1 is 1.03 bits per heavy atom. The van der Waals surface area contributed by atoms with E-state index in [0.29, 0.717) is 24.0 Å². The van der Waals surface area contributed by atoms with E-state index in [-0.39, 0.29) is 12.0 Å². The van der Waals surface area contributed by atoms with E-state index in [1.165, 1.54) is 0 Å². The van der Waals surface area contributed by atoms with Gasteiger partial charge in [-0.05, 0) is 82.3 Å². The zero-order chi connectivity index (χ0) is 25.7. The molecule has 0 atom stereocenters. The minimum absolute atomic E-state index is 0.257. The number of hydrogen-bond donors (Lipinski definition) is 0. The Kier molecular flexibility index (Phi) is 5.94. The normalized spacial score (nSPS) is 19.8. The molecule has 0 unspecified atom stereocenters. The number of ether oxygens (including phenoxy) is 1. The summed E-state index contributed by atoms with van der Waals surface area (Å²) in [6, 6.07) is 13.9. The molecule has 2 aromatic heterocycles. The van der Waals surface area contributed by atoms with Gasteiger partial charge in [0.25, 0.3) is 0 Å². The van der Waals surface area contributed by atoms with Crippen LogP contribution < -0.4 is 0 Å². The highest BCUT2D eigenvalue weighted by Gasteiger charge is 2.34. The summed E-state index contributed by atoms with van der Waals surface area (Å²) in [4.78, 5) is 14.7. The maximum atomic E-state index is 13.0. The summed E-state index contributed by atoms with van der Waals surface area (Å²) in [7, 11) is 0. The molecule has 8 nitrogen and oxygen atoms in total. The summed E-state index contributed by atoms with van der Waals surface area (Å²) in [5.74, 6) is 2.28. The summed E-state index contributed by atoms with van der Waals surface area (Å²) in [5.41, 5.74) is 3.22. The van der Waals surface area contributed by atoms with Crippen LogP contribution in [0.15, 0.2) is 47.0 Å². The van der Waals surface area contributed by atoms with Crippen LogP contribution in [0.25, 0.3) is 16.7 Å². The average Bonchev–Trinajstić information content (AvgIpc) is 3.43. The Labute approximate surface area is 220 Å². The summed E-state index contributed by atoms with van der Waals surface area (Å²) < 4.78 is 13.4. The number of benzene rings is 2. The van der Waals surface area contributed by atoms with E-state index in [4.69, 9.17) is 20.9 Å². The first kappa shape index (κ1) is 24.0. The minimum atomic E-state index is -0.590. The molecule has 9 heteroatoms. The van der Waals surface area contributed by atoms with E-state index in [9.17, 15) is 4.79 Å². The predicted molar refractivity (Wildman–Crippen MR) is 140 cm³/mol. The monoisotopic (exact) mass is 519 g/mol. The fourth-order valence-corrected chi connectivity index (χ4v) is 5.77. The number of hydrogen-bond acceptors (Lipinski definition) is 6. The van der Waals surface area contributed by atoms with E-state index >= 15 is 0 Å². The van der Waals surface area contributed by atoms with Gasteiger partial charge < -0.3 is 9.26 Å². The number of aromatic nitrogens is 4. The first-order valence-electron chi connectivity index (χ1n) is 12.8. The lowest BCUT2D eigenvalue weighted by Gasteiger charge is -2.27. The number of fused-ring (bicyclic) bond motifs is 4. The first-order valence-corrected chi connectivity index (χ1v) is 13.2. The highest BCUT2D eigenvalue weighted by molar-refractivity contribution is 6.30. The van der Waals surface area contributed by atoms with Crippen molar-refractivity contribution in [1.82, 2.24) is 24.8 Å². The topological polar surface area (TPSA) is 86.3 Å². The molecule has 1 fully saturated rings. The van der Waals surface area contributed by atoms with Crippen molar-refractivity contribution in [2.75, 3.05) is 0 Å². The third-order valence-corrected chi connectivity index (χ3v) is 7.50. The van der Waals surface area contributed by atoms with Crippen molar-refractivity contribution in [2.24, 2.45) is 0 Å². The maximum absolute atomic E-state index is 13.0. The van der Waals surface area contributed by atoms with Crippen molar-refractivity contribution in [3.63, 3.8) is 0 Å². The number of para-hydroxylation sites is 1. The second-order valence-corrected chi connectivity index (χ2v) is 11.5. The van der Waals surface area contributed by atoms with E-state index in [2.05, 4.69) is 26.0 Å². The molecule has 2 aliphatic rings. The molecule has 1 saturated carbocycles. The molecule has 4 aromatic rings. The lowest BCUT2D eigenvalue weighted by molar-refractivity contribution is 0.0214. The summed E-state index contributed by atoms with van der Waals surface area (Å²) in [6.07, 6.45) is 3.57. The number of carbonyl (C=O) groups is 1. The Balaban J connectivity index is 1.29. The molecule has 0 spiro atoms. The van der Waals surface area contributed by atoms with E-state index in [0.717, 1.165) is 65.2 Å². The van der Waals surface area contributed by atoms with Gasteiger partial charge in [-0.3, -0.25) is 9.47 Å². The van der Waals surface area contributed by atoms with E-state index < -0.39 is 5.60 Å². The zero-order valence-corrected chi connectivity index (χ0v) is 22.0. The number of carbonyl (C=O) groups excluding carboxylic acids is 1. The van der Waals surface area contributed by atoms with Gasteiger partial charge in [-0.15, -0.1) is 10.2 Å². The minimum Gasteiger partial charge on any atom is -0.444 e. The quantitative estimate of drug-likeness (QED) is 0.291. The predicted octanol–water partition coefficient (Wildman–Crippen LogP) is 6.75. The van der Waals surface area contributed by atoms with Crippen molar-refractivity contribution in [1.29, 1.82) is 0 Å². The molecular weight excluding hydrogens is 490 g/mol. The number of amides is 1. The molecule has 37 heavy (non-hydrogen) atoms. The highest BCUT2D eigenvalue weighted by atomic mass is 35.5. The summed E-state index contributed by atoms with van der Waals surface area (Å²) >= 11 is 6.37. The molecule has 0 bridgehead atoms. The third kappa shape index (κ3) is 4.59. The molecule has 2 aromatic carbocycles. The van der Waals surface area contributed by atoms with Crippen LogP contribution in [0.2, 0.25) is 5.02 Å². The van der Waals surface area contributed by atoms with Crippen molar-refractivity contribution < 1.29 is 14.1 Å². The van der Waals surface area contributed by atoms with Crippen LogP contribution in [0.3, 0.4) is 0 Å². The van der Waals surface area contributed by atoms with Gasteiger partial charge in [0.1, 0.15) is 11.4 Å². The smallest absolute Gasteiger partial charge is 0.411 e. The SMILES string of the molecule is CC(C)(C)OC(=O)N1Cc2cc(Cl)ccc2-n2c(nnc2C2CCC(c3noc4ccccc34)CC2)C1. The van der Waals surface area contributed by atoms with Gasteiger partial charge in [0, 0.05) is 22.2 Å². The van der Waals surface area contributed by atoms with Crippen LogP contribution in [-0.4, -0.2) is 36.5 Å². The van der Waals surface area contributed by atoms with Crippen LogP contribution >= 0.6 is 11.6 Å². The standard InChI is InChI=1S/C28H30ClN5O3/c1-28(2,3)36-27(35)33-15-19-14-20(29)12-13-22(19)34-24(16-33)30-31-26(34)18-10-8-17(9-11-18)25-21-6-4-5-7-23(21)37-32-25/h4-7,12-14,17-18H,8-11,15-16H2,1-3H3. The second kappa shape index (κ2) is 9.17. The van der Waals surface area contributed by atoms with Crippen LogP contribution in [0.1, 0.15) is 81.2 Å². The maximum Gasteiger partial charge on any atom is 0.411 e. The number of rotatable bonds is 2. The highest BCUT2D eigenvalue weighted by Crippen LogP contribution is 2.42. The van der Waals surface area contributed by atoms with Crippen LogP contribution in [0, 0.1) is 0 Å². The molecule has 192 valence electrons. The van der Waals surface area contributed by atoms with Crippen molar-refractivity contribution in [2.45, 2.75) is 77.0 Å². The van der Waals surface area contributed by atoms with Gasteiger partial charge in [0.2, 0.25) is 0 Å². The van der Waals surface area contributed by atoms with Crippen LogP contribution in [0.4, 0.5) is 4.79 Å². The zero-order valence-electron chi connectivity index (χ0n) is 21.3. The lowest BCUT2D eigenvalue weighted by Crippen LogP contribution is -2.35. The summed E-state index contributed by atoms with van der Waals surface area (Å²) in [5, 5.41) is 15.4. The van der Waals surface area contributed by atoms with Crippen molar-refractivity contribution in [3.8, 4) is 5.69 Å². The number of nitrogens with zero attached hydrogens (tertiary/aromatic N) is 5. The van der Waals surface area contributed by atoms with Crippen LogP contribution in [0.5, 0.6) is 0 Å². The molecule has 1 aliphatic heterocycles. The second-order valence-electron chi connectivity index (χ2n) is 11.0. The fraction of sp³-hybridized carbons (Fsp3) is 0.429. The van der Waals surface area contributed by atoms with Crippen molar-refractivity contribution in [3.05, 3.63) is 70.4 Å². The number of halogens is 1. The van der Waals surface area contributed by atoms with E-state index in [1.54, 1.807) is 4.90 Å². The summed E-state index contributed by atoms with van der Waals surface area (Å²) in [6.45, 7) is 6.30. The third-order valence-electron chi connectivity index (χ3n) is 7.27. The van der Waals surface area contributed by atoms with Gasteiger partial charge in [0.05, 0.1) is 24.5 Å². The van der Waals surface area contributed by atoms with Gasteiger partial charge in [-0.25, -0.2) is 4.79 Å². The van der Waals surface area contributed by atoms with Gasteiger partial charge in [-0.2, -0.15) is 0 Å². The molecule has 0 N–H and O–H groups in total.